The fourth-order valence-corrected chi connectivity index (χ4v) is 30.5. The van der Waals surface area contributed by atoms with Gasteiger partial charge in [-0.25, -0.2) is 0 Å². The molecule has 58 heavy (non-hydrogen) atoms. The van der Waals surface area contributed by atoms with E-state index in [1.165, 1.54) is 13.1 Å². The Bertz CT molecular complexity index is 1930. The molecule has 324 valence electrons. The predicted octanol–water partition coefficient (Wildman–Crippen LogP) is 9.46. The molecule has 0 aromatic heterocycles. The van der Waals surface area contributed by atoms with Crippen LogP contribution in [-0.4, -0.2) is 53.8 Å². The highest BCUT2D eigenvalue weighted by Crippen LogP contribution is 2.63. The lowest BCUT2D eigenvalue weighted by atomic mass is 10.4. The van der Waals surface area contributed by atoms with Gasteiger partial charge in [0.05, 0.1) is 0 Å². The van der Waals surface area contributed by atoms with Crippen molar-refractivity contribution in [3.63, 3.8) is 0 Å². The smallest absolute Gasteiger partial charge is 0.322 e. The minimum atomic E-state index is -4.29. The Labute approximate surface area is 343 Å². The molecule has 0 radical (unpaired) electrons. The van der Waals surface area contributed by atoms with Crippen molar-refractivity contribution in [1.29, 1.82) is 0 Å². The van der Waals surface area contributed by atoms with Crippen LogP contribution >= 0.6 is 45.6 Å². The van der Waals surface area contributed by atoms with Crippen LogP contribution in [0.1, 0.15) is 0 Å². The lowest BCUT2D eigenvalue weighted by Gasteiger charge is -2.37. The van der Waals surface area contributed by atoms with Crippen LogP contribution in [0.3, 0.4) is 0 Å². The Morgan fingerprint density at radius 2 is 0.776 bits per heavy atom. The molecular formula is C30H50O18P6Si4. The number of hydrogen-bond acceptors (Lipinski definition) is 14. The molecule has 0 amide bonds. The van der Waals surface area contributed by atoms with Crippen LogP contribution in [0.4, 0.5) is 0 Å². The van der Waals surface area contributed by atoms with Gasteiger partial charge in [0.25, 0.3) is 0 Å². The Hall–Kier alpha value is -1.35. The Morgan fingerprint density at radius 1 is 0.534 bits per heavy atom. The average molecular weight is 997 g/mol. The third-order valence-corrected chi connectivity index (χ3v) is 32.1. The summed E-state index contributed by atoms with van der Waals surface area (Å²) in [4.78, 5) is 38.3. The molecule has 4 N–H and O–H groups in total. The number of hydrogen-bond donors (Lipinski definition) is 4. The third kappa shape index (κ3) is 18.3. The molecule has 1 fully saturated rings. The van der Waals surface area contributed by atoms with Gasteiger partial charge in [0.15, 0.2) is 0 Å². The molecule has 4 atom stereocenters. The minimum Gasteiger partial charge on any atom is -0.322 e. The van der Waals surface area contributed by atoms with E-state index in [4.69, 9.17) is 43.5 Å². The molecule has 1 aliphatic heterocycles. The third-order valence-electron chi connectivity index (χ3n) is 6.29. The van der Waals surface area contributed by atoms with Crippen molar-refractivity contribution < 1.29 is 80.7 Å². The zero-order valence-corrected chi connectivity index (χ0v) is 42.0. The Morgan fingerprint density at radius 3 is 1.00 bits per heavy atom. The predicted molar refractivity (Wildman–Crippen MR) is 235 cm³/mol. The molecule has 0 spiro atoms. The molecule has 2 aromatic carbocycles. The SMILES string of the molecule is C=CP(=O)(O)O[Si](C)(C)OP(=O)(O)C=C.C=CP(=O)(O)O[Si](OP(=O)(O)C=C)(c1ccccc1)c1ccccc1.C=CP1(=O)O[Si](C)(C)OP(=O)(C=C)O[Si](C)(C)O1. The molecule has 0 saturated carbocycles. The molecule has 1 aliphatic rings. The summed E-state index contributed by atoms with van der Waals surface area (Å²) >= 11 is 0. The highest BCUT2D eigenvalue weighted by atomic mass is 31.2. The van der Waals surface area contributed by atoms with Crippen LogP contribution < -0.4 is 10.4 Å². The van der Waals surface area contributed by atoms with Crippen molar-refractivity contribution in [2.45, 2.75) is 39.3 Å². The van der Waals surface area contributed by atoms with Crippen molar-refractivity contribution in [2.24, 2.45) is 0 Å². The molecule has 2 aromatic rings. The van der Waals surface area contributed by atoms with Crippen LogP contribution in [0.5, 0.6) is 0 Å². The van der Waals surface area contributed by atoms with Crippen molar-refractivity contribution in [1.82, 2.24) is 0 Å². The topological polar surface area (TPSA) is 257 Å². The summed E-state index contributed by atoms with van der Waals surface area (Å²) < 4.78 is 114. The van der Waals surface area contributed by atoms with Gasteiger partial charge in [-0.05, 0) is 49.7 Å². The highest BCUT2D eigenvalue weighted by molar-refractivity contribution is 7.64. The van der Waals surface area contributed by atoms with Gasteiger partial charge in [-0.2, -0.15) is 0 Å². The molecule has 3 rings (SSSR count). The molecule has 28 heteroatoms. The van der Waals surface area contributed by atoms with Gasteiger partial charge >= 0.3 is 79.8 Å². The van der Waals surface area contributed by atoms with E-state index >= 15 is 0 Å². The maximum Gasteiger partial charge on any atom is 0.421 e. The first-order valence-electron chi connectivity index (χ1n) is 16.3. The fraction of sp³-hybridized carbons (Fsp3) is 0.200. The van der Waals surface area contributed by atoms with Crippen LogP contribution in [0.2, 0.25) is 39.3 Å². The zero-order valence-electron chi connectivity index (χ0n) is 32.7. The standard InChI is InChI=1S/C16H18O6P2Si.C8H18O6P2Si2.C6H14O6P2Si/c1-3-23(17,18)21-25(22-24(19,20)4-2,15-11-7-5-8-12-15)16-13-9-6-10-14-16;1-7-15(9)11-17(3,4)13-16(10,8-2)14-18(5,6)12-15;1-5-13(7,8)11-15(3,4)12-14(9,10)6-2/h3-14H,1-2H2,(H,17,18)(H,19,20);7-8H,1-2H2,3-6H3;5-6H,1-2H2,3-4H3,(H,7,8)(H,9,10). The number of benzene rings is 2. The second kappa shape index (κ2) is 21.1. The second-order valence-corrected chi connectivity index (χ2v) is 38.2. The van der Waals surface area contributed by atoms with Crippen molar-refractivity contribution >= 4 is 90.2 Å². The van der Waals surface area contributed by atoms with E-state index in [0.29, 0.717) is 10.4 Å². The van der Waals surface area contributed by atoms with Crippen LogP contribution in [-0.2, 0) is 61.1 Å². The van der Waals surface area contributed by atoms with E-state index in [2.05, 4.69) is 39.5 Å². The fourth-order valence-electron chi connectivity index (χ4n) is 4.32. The lowest BCUT2D eigenvalue weighted by Crippen LogP contribution is -2.62. The summed E-state index contributed by atoms with van der Waals surface area (Å²) in [5, 5.41) is 0.793. The van der Waals surface area contributed by atoms with Gasteiger partial charge in [0.1, 0.15) is 0 Å². The van der Waals surface area contributed by atoms with E-state index in [1.807, 2.05) is 0 Å². The first-order chi connectivity index (χ1) is 26.2. The monoisotopic (exact) mass is 996 g/mol. The summed E-state index contributed by atoms with van der Waals surface area (Å²) in [5.41, 5.74) is 0. The van der Waals surface area contributed by atoms with E-state index in [1.54, 1.807) is 86.9 Å². The maximum absolute atomic E-state index is 12.3. The molecule has 1 saturated heterocycles. The van der Waals surface area contributed by atoms with Gasteiger partial charge in [-0.3, -0.25) is 27.4 Å². The summed E-state index contributed by atoms with van der Waals surface area (Å²) in [6.07, 6.45) is 0. The highest BCUT2D eigenvalue weighted by Gasteiger charge is 2.52. The van der Waals surface area contributed by atoms with E-state index in [9.17, 15) is 37.2 Å². The van der Waals surface area contributed by atoms with Crippen LogP contribution in [0.15, 0.2) is 135 Å². The van der Waals surface area contributed by atoms with Crippen LogP contribution in [0.25, 0.3) is 0 Å². The zero-order chi connectivity index (χ0) is 45.1. The number of rotatable bonds is 16. The van der Waals surface area contributed by atoms with E-state index < -0.39 is 79.8 Å². The van der Waals surface area contributed by atoms with E-state index in [-0.39, 0.29) is 0 Å². The minimum absolute atomic E-state index is 0.397. The molecular weight excluding hydrogens is 946 g/mol. The normalized spacial score (nSPS) is 24.4. The maximum atomic E-state index is 12.3. The summed E-state index contributed by atoms with van der Waals surface area (Å²) in [6.45, 7) is 28.9. The largest absolute Gasteiger partial charge is 0.421 e. The molecule has 18 nitrogen and oxygen atoms in total. The summed E-state index contributed by atoms with van der Waals surface area (Å²) in [7, 11) is -36.6. The first kappa shape index (κ1) is 54.7. The molecule has 0 aliphatic carbocycles. The van der Waals surface area contributed by atoms with Gasteiger partial charge in [-0.1, -0.05) is 100 Å². The summed E-state index contributed by atoms with van der Waals surface area (Å²) in [5.74, 6) is 5.24. The van der Waals surface area contributed by atoms with E-state index in [0.717, 1.165) is 34.9 Å². The van der Waals surface area contributed by atoms with Crippen molar-refractivity contribution in [2.75, 3.05) is 0 Å². The van der Waals surface area contributed by atoms with Gasteiger partial charge < -0.3 is 53.3 Å². The van der Waals surface area contributed by atoms with Crippen molar-refractivity contribution in [3.05, 3.63) is 135 Å². The Balaban J connectivity index is 0.000000453. The van der Waals surface area contributed by atoms with Crippen LogP contribution in [0, 0.1) is 0 Å². The molecule has 0 bridgehead atoms. The average Bonchev–Trinajstić information content (AvgIpc) is 3.10. The van der Waals surface area contributed by atoms with Gasteiger partial charge in [0, 0.05) is 34.9 Å². The molecule has 4 unspecified atom stereocenters. The lowest BCUT2D eigenvalue weighted by molar-refractivity contribution is 0.270. The van der Waals surface area contributed by atoms with Gasteiger partial charge in [0.2, 0.25) is 0 Å². The summed E-state index contributed by atoms with van der Waals surface area (Å²) in [6, 6.07) is 16.7. The first-order valence-corrected chi connectivity index (χ1v) is 36.4. The second-order valence-electron chi connectivity index (χ2n) is 12.7. The van der Waals surface area contributed by atoms with Gasteiger partial charge in [-0.15, -0.1) is 0 Å². The Kier molecular flexibility index (Phi) is 19.9. The quantitative estimate of drug-likeness (QED) is 0.0901. The molecule has 1 heterocycles. The van der Waals surface area contributed by atoms with Crippen molar-refractivity contribution in [3.8, 4) is 0 Å².